The van der Waals surface area contributed by atoms with Gasteiger partial charge in [-0.25, -0.2) is 0 Å². The van der Waals surface area contributed by atoms with Crippen molar-refractivity contribution in [2.75, 3.05) is 5.32 Å². The highest BCUT2D eigenvalue weighted by Gasteiger charge is 2.23. The molecular weight excluding hydrogens is 328 g/mol. The summed E-state index contributed by atoms with van der Waals surface area (Å²) in [6.07, 6.45) is 0.540. The van der Waals surface area contributed by atoms with Crippen molar-refractivity contribution < 1.29 is 15.0 Å². The van der Waals surface area contributed by atoms with Crippen molar-refractivity contribution in [3.05, 3.63) is 65.9 Å². The van der Waals surface area contributed by atoms with Crippen LogP contribution in [0.25, 0.3) is 11.1 Å². The molecule has 2 aromatic carbocycles. The number of benzene rings is 2. The van der Waals surface area contributed by atoms with E-state index in [-0.39, 0.29) is 23.1 Å². The highest BCUT2D eigenvalue weighted by molar-refractivity contribution is 6.08. The molecule has 1 amide bonds. The first-order chi connectivity index (χ1) is 12.5. The first-order valence-corrected chi connectivity index (χ1v) is 8.55. The summed E-state index contributed by atoms with van der Waals surface area (Å²) >= 11 is 0. The molecule has 3 aromatic rings. The van der Waals surface area contributed by atoms with Gasteiger partial charge in [-0.2, -0.15) is 0 Å². The molecule has 0 atom stereocenters. The molecule has 0 spiro atoms. The van der Waals surface area contributed by atoms with E-state index in [1.54, 1.807) is 12.1 Å². The van der Waals surface area contributed by atoms with Gasteiger partial charge in [0, 0.05) is 5.69 Å². The number of aromatic nitrogens is 1. The van der Waals surface area contributed by atoms with Crippen LogP contribution in [0.5, 0.6) is 11.6 Å². The molecule has 0 bridgehead atoms. The second kappa shape index (κ2) is 7.35. The van der Waals surface area contributed by atoms with E-state index >= 15 is 0 Å². The zero-order valence-corrected chi connectivity index (χ0v) is 14.8. The maximum absolute atomic E-state index is 12.5. The van der Waals surface area contributed by atoms with E-state index in [0.29, 0.717) is 17.8 Å². The predicted molar refractivity (Wildman–Crippen MR) is 102 cm³/mol. The van der Waals surface area contributed by atoms with Gasteiger partial charge in [0.1, 0.15) is 5.56 Å². The zero-order chi connectivity index (χ0) is 18.7. The lowest BCUT2D eigenvalue weighted by atomic mass is 10.1. The molecule has 1 aromatic heterocycles. The second-order valence-corrected chi connectivity index (χ2v) is 6.67. The van der Waals surface area contributed by atoms with Crippen molar-refractivity contribution in [3.8, 4) is 22.8 Å². The average Bonchev–Trinajstić information content (AvgIpc) is 2.89. The molecule has 0 radical (unpaired) electrons. The van der Waals surface area contributed by atoms with Crippen molar-refractivity contribution >= 4 is 11.6 Å². The summed E-state index contributed by atoms with van der Waals surface area (Å²) in [5.41, 5.74) is 3.04. The number of nitrogens with one attached hydrogen (secondary N) is 2. The van der Waals surface area contributed by atoms with Gasteiger partial charge in [-0.15, -0.1) is 0 Å². The lowest BCUT2D eigenvalue weighted by Crippen LogP contribution is -2.11. The summed E-state index contributed by atoms with van der Waals surface area (Å²) in [6, 6.07) is 17.3. The third-order valence-electron chi connectivity index (χ3n) is 4.12. The summed E-state index contributed by atoms with van der Waals surface area (Å²) in [7, 11) is 0. The Morgan fingerprint density at radius 2 is 1.62 bits per heavy atom. The Hall–Kier alpha value is -3.21. The molecule has 0 fully saturated rings. The summed E-state index contributed by atoms with van der Waals surface area (Å²) in [6.45, 7) is 3.98. The number of carbonyl (C=O) groups excluding carboxylic acids is 1. The number of hydrogen-bond acceptors (Lipinski definition) is 3. The fourth-order valence-corrected chi connectivity index (χ4v) is 2.87. The number of anilines is 1. The summed E-state index contributed by atoms with van der Waals surface area (Å²) in [5, 5.41) is 22.9. The molecule has 1 heterocycles. The fraction of sp³-hybridized carbons (Fsp3) is 0.190. The van der Waals surface area contributed by atoms with Gasteiger partial charge >= 0.3 is 0 Å². The third-order valence-corrected chi connectivity index (χ3v) is 4.12. The fourth-order valence-electron chi connectivity index (χ4n) is 2.87. The van der Waals surface area contributed by atoms with Gasteiger partial charge in [0.15, 0.2) is 5.75 Å². The predicted octanol–water partition coefficient (Wildman–Crippen LogP) is 4.54. The summed E-state index contributed by atoms with van der Waals surface area (Å²) in [4.78, 5) is 15.1. The number of hydrogen-bond donors (Lipinski definition) is 4. The van der Waals surface area contributed by atoms with Gasteiger partial charge in [-0.3, -0.25) is 4.79 Å². The topological polar surface area (TPSA) is 85.3 Å². The lowest BCUT2D eigenvalue weighted by molar-refractivity contribution is 0.102. The molecule has 134 valence electrons. The number of carbonyl (C=O) groups is 1. The highest BCUT2D eigenvalue weighted by atomic mass is 16.3. The number of rotatable bonds is 5. The Morgan fingerprint density at radius 3 is 2.23 bits per heavy atom. The van der Waals surface area contributed by atoms with Crippen LogP contribution in [0.3, 0.4) is 0 Å². The largest absolute Gasteiger partial charge is 0.505 e. The van der Waals surface area contributed by atoms with Crippen LogP contribution in [0.15, 0.2) is 54.6 Å². The number of H-pyrrole nitrogens is 1. The Bertz CT molecular complexity index is 897. The van der Waals surface area contributed by atoms with Gasteiger partial charge in [-0.05, 0) is 35.6 Å². The van der Waals surface area contributed by atoms with Gasteiger partial charge in [0.2, 0.25) is 5.88 Å². The van der Waals surface area contributed by atoms with Crippen molar-refractivity contribution in [1.29, 1.82) is 0 Å². The molecule has 0 unspecified atom stereocenters. The monoisotopic (exact) mass is 350 g/mol. The van der Waals surface area contributed by atoms with E-state index < -0.39 is 5.91 Å². The molecule has 5 heteroatoms. The molecule has 0 saturated carbocycles. The smallest absolute Gasteiger partial charge is 0.264 e. The van der Waals surface area contributed by atoms with Crippen LogP contribution in [0.2, 0.25) is 0 Å². The van der Waals surface area contributed by atoms with Crippen LogP contribution >= 0.6 is 0 Å². The molecule has 0 aliphatic carbocycles. The maximum atomic E-state index is 12.5. The zero-order valence-electron chi connectivity index (χ0n) is 14.8. The quantitative estimate of drug-likeness (QED) is 0.545. The number of aromatic amines is 1. The minimum absolute atomic E-state index is 0.132. The van der Waals surface area contributed by atoms with Crippen LogP contribution in [0.1, 0.15) is 29.9 Å². The number of amides is 1. The molecule has 4 N–H and O–H groups in total. The standard InChI is InChI=1S/C21H22N2O3/c1-13(2)12-17-19(24)18(21(26)23-17)20(25)22-16-10-8-15(9-11-16)14-6-4-3-5-7-14/h3-11,13,23-24,26H,12H2,1-2H3,(H,22,25). The van der Waals surface area contributed by atoms with E-state index in [4.69, 9.17) is 0 Å². The van der Waals surface area contributed by atoms with Gasteiger partial charge in [0.05, 0.1) is 5.69 Å². The van der Waals surface area contributed by atoms with Crippen LogP contribution in [-0.2, 0) is 6.42 Å². The van der Waals surface area contributed by atoms with Crippen molar-refractivity contribution in [2.45, 2.75) is 20.3 Å². The third kappa shape index (κ3) is 3.72. The van der Waals surface area contributed by atoms with E-state index in [1.807, 2.05) is 56.3 Å². The summed E-state index contributed by atoms with van der Waals surface area (Å²) < 4.78 is 0. The Morgan fingerprint density at radius 1 is 1.00 bits per heavy atom. The van der Waals surface area contributed by atoms with Crippen molar-refractivity contribution in [1.82, 2.24) is 4.98 Å². The number of aromatic hydroxyl groups is 2. The molecule has 0 saturated heterocycles. The lowest BCUT2D eigenvalue weighted by Gasteiger charge is -2.07. The first kappa shape index (κ1) is 17.6. The molecule has 0 aliphatic heterocycles. The second-order valence-electron chi connectivity index (χ2n) is 6.67. The van der Waals surface area contributed by atoms with E-state index in [1.165, 1.54) is 0 Å². The SMILES string of the molecule is CC(C)Cc1[nH]c(O)c(C(=O)Nc2ccc(-c3ccccc3)cc2)c1O. The van der Waals surface area contributed by atoms with Crippen molar-refractivity contribution in [2.24, 2.45) is 5.92 Å². The minimum Gasteiger partial charge on any atom is -0.505 e. The maximum Gasteiger partial charge on any atom is 0.264 e. The van der Waals surface area contributed by atoms with Crippen molar-refractivity contribution in [3.63, 3.8) is 0 Å². The normalized spacial score (nSPS) is 10.9. The average molecular weight is 350 g/mol. The Kier molecular flexibility index (Phi) is 4.98. The Labute approximate surface area is 152 Å². The van der Waals surface area contributed by atoms with Crippen LogP contribution in [-0.4, -0.2) is 21.1 Å². The van der Waals surface area contributed by atoms with Gasteiger partial charge in [-0.1, -0.05) is 56.3 Å². The van der Waals surface area contributed by atoms with Gasteiger partial charge < -0.3 is 20.5 Å². The molecule has 0 aliphatic rings. The van der Waals surface area contributed by atoms with Crippen LogP contribution in [0.4, 0.5) is 5.69 Å². The molecular formula is C21H22N2O3. The van der Waals surface area contributed by atoms with E-state index in [2.05, 4.69) is 10.3 Å². The van der Waals surface area contributed by atoms with E-state index in [9.17, 15) is 15.0 Å². The first-order valence-electron chi connectivity index (χ1n) is 8.55. The van der Waals surface area contributed by atoms with Crippen LogP contribution in [0, 0.1) is 5.92 Å². The molecule has 26 heavy (non-hydrogen) atoms. The van der Waals surface area contributed by atoms with E-state index in [0.717, 1.165) is 11.1 Å². The molecule has 5 nitrogen and oxygen atoms in total. The highest BCUT2D eigenvalue weighted by Crippen LogP contribution is 2.33. The minimum atomic E-state index is -0.557. The Balaban J connectivity index is 1.77. The van der Waals surface area contributed by atoms with Gasteiger partial charge in [0.25, 0.3) is 5.91 Å². The molecule has 3 rings (SSSR count). The summed E-state index contributed by atoms with van der Waals surface area (Å²) in [5.74, 6) is -0.801. The van der Waals surface area contributed by atoms with Crippen LogP contribution < -0.4 is 5.32 Å².